The van der Waals surface area contributed by atoms with Crippen molar-refractivity contribution in [2.45, 2.75) is 74.0 Å². The van der Waals surface area contributed by atoms with E-state index in [-0.39, 0.29) is 28.4 Å². The van der Waals surface area contributed by atoms with Gasteiger partial charge >= 0.3 is 0 Å². The predicted octanol–water partition coefficient (Wildman–Crippen LogP) is 10.2. The lowest BCUT2D eigenvalue weighted by Crippen LogP contribution is -2.41. The minimum Gasteiger partial charge on any atom is -0.493 e. The molecule has 0 saturated heterocycles. The smallest absolute Gasteiger partial charge is 0.293 e. The molecule has 5 aromatic rings. The van der Waals surface area contributed by atoms with Crippen molar-refractivity contribution in [1.29, 1.82) is 0 Å². The highest BCUT2D eigenvalue weighted by atomic mass is 16.5. The molecular weight excluding hydrogens is 691 g/mol. The molecule has 55 heavy (non-hydrogen) atoms. The van der Waals surface area contributed by atoms with Crippen molar-refractivity contribution in [2.24, 2.45) is 27.7 Å². The lowest BCUT2D eigenvalue weighted by molar-refractivity contribution is -0.128. The maximum absolute atomic E-state index is 13.5. The van der Waals surface area contributed by atoms with Gasteiger partial charge in [-0.2, -0.15) is 0 Å². The van der Waals surface area contributed by atoms with E-state index in [2.05, 4.69) is 86.4 Å². The van der Waals surface area contributed by atoms with Gasteiger partial charge in [0, 0.05) is 47.2 Å². The monoisotopic (exact) mass is 743 g/mol. The SMILES string of the molecule is CCOC=O.COc1cc2c(cc1OCC(C)(C)C(C)(C)Cn1c(-c3ccc(OCc4ccccc4)cc3)nc3ccc(C)cc31)N=CC1CCCC1C2=O. The standard InChI is InChI=1S/C43H47N3O4.C3H6O2/c1-28-15-20-35-37(21-28)46(41(45-35)30-16-18-32(19-17-30)49-25-29-11-8-7-9-12-29)26-42(2,3)43(4,5)27-50-39-23-36-34(22-38(39)48-6)40(47)33-14-10-13-31(33)24-44-36;1-2-5-3-4/h7-9,11-12,15-24,31,33H,10,13-14,25-27H2,1-6H3;3H,2H2,1H3. The maximum Gasteiger partial charge on any atom is 0.293 e. The molecule has 288 valence electrons. The van der Waals surface area contributed by atoms with E-state index in [0.29, 0.717) is 55.6 Å². The van der Waals surface area contributed by atoms with E-state index in [9.17, 15) is 9.59 Å². The molecule has 1 saturated carbocycles. The van der Waals surface area contributed by atoms with E-state index in [1.54, 1.807) is 14.0 Å². The zero-order valence-corrected chi connectivity index (χ0v) is 33.1. The third kappa shape index (κ3) is 8.77. The van der Waals surface area contributed by atoms with Gasteiger partial charge in [-0.3, -0.25) is 14.6 Å². The number of imidazole rings is 1. The van der Waals surface area contributed by atoms with Crippen molar-refractivity contribution < 1.29 is 28.5 Å². The number of fused-ring (bicyclic) bond motifs is 3. The molecular formula is C46H53N3O6. The molecule has 0 amide bonds. The van der Waals surface area contributed by atoms with Crippen LogP contribution in [-0.4, -0.2) is 48.3 Å². The fourth-order valence-electron chi connectivity index (χ4n) is 7.18. The summed E-state index contributed by atoms with van der Waals surface area (Å²) in [5.41, 5.74) is 6.20. The minimum atomic E-state index is -0.284. The van der Waals surface area contributed by atoms with Crippen molar-refractivity contribution >= 4 is 35.2 Å². The summed E-state index contributed by atoms with van der Waals surface area (Å²) in [6.07, 6.45) is 4.98. The van der Waals surface area contributed by atoms with Gasteiger partial charge in [-0.25, -0.2) is 4.98 Å². The van der Waals surface area contributed by atoms with E-state index >= 15 is 0 Å². The van der Waals surface area contributed by atoms with E-state index in [1.165, 1.54) is 5.56 Å². The lowest BCUT2D eigenvalue weighted by atomic mass is 9.68. The van der Waals surface area contributed by atoms with Crippen molar-refractivity contribution in [3.8, 4) is 28.6 Å². The largest absolute Gasteiger partial charge is 0.493 e. The highest BCUT2D eigenvalue weighted by Crippen LogP contribution is 2.45. The number of nitrogens with zero attached hydrogens (tertiary/aromatic N) is 3. The number of carbonyl (C=O) groups is 2. The van der Waals surface area contributed by atoms with Crippen LogP contribution in [0.25, 0.3) is 22.4 Å². The third-order valence-corrected chi connectivity index (χ3v) is 11.3. The maximum atomic E-state index is 13.5. The molecule has 0 bridgehead atoms. The molecule has 2 aliphatic rings. The van der Waals surface area contributed by atoms with Crippen LogP contribution in [0.2, 0.25) is 0 Å². The number of hydrogen-bond acceptors (Lipinski definition) is 8. The van der Waals surface area contributed by atoms with Crippen LogP contribution in [0.1, 0.15) is 75.4 Å². The van der Waals surface area contributed by atoms with Crippen LogP contribution in [-0.2, 0) is 22.7 Å². The molecule has 9 heteroatoms. The zero-order chi connectivity index (χ0) is 39.2. The number of benzene rings is 4. The van der Waals surface area contributed by atoms with Crippen LogP contribution < -0.4 is 14.2 Å². The summed E-state index contributed by atoms with van der Waals surface area (Å²) in [4.78, 5) is 32.5. The van der Waals surface area contributed by atoms with Crippen LogP contribution >= 0.6 is 0 Å². The van der Waals surface area contributed by atoms with Gasteiger partial charge in [0.15, 0.2) is 17.3 Å². The van der Waals surface area contributed by atoms with Gasteiger partial charge < -0.3 is 23.5 Å². The number of ether oxygens (including phenoxy) is 4. The summed E-state index contributed by atoms with van der Waals surface area (Å²) >= 11 is 0. The van der Waals surface area contributed by atoms with Crippen LogP contribution in [0.3, 0.4) is 0 Å². The van der Waals surface area contributed by atoms with Gasteiger partial charge in [0.25, 0.3) is 6.47 Å². The number of ketones is 1. The topological polar surface area (TPSA) is 101 Å². The summed E-state index contributed by atoms with van der Waals surface area (Å²) in [6, 6.07) is 28.6. The Morgan fingerprint density at radius 3 is 2.35 bits per heavy atom. The quantitative estimate of drug-likeness (QED) is 0.111. The average Bonchev–Trinajstić information content (AvgIpc) is 3.77. The number of aromatic nitrogens is 2. The Hall–Kier alpha value is -5.44. The number of rotatable bonds is 13. The molecule has 4 aromatic carbocycles. The molecule has 1 fully saturated rings. The second-order valence-corrected chi connectivity index (χ2v) is 15.8. The molecule has 1 aliphatic heterocycles. The van der Waals surface area contributed by atoms with Gasteiger partial charge in [-0.1, -0.05) is 70.5 Å². The highest BCUT2D eigenvalue weighted by molar-refractivity contribution is 6.06. The van der Waals surface area contributed by atoms with Gasteiger partial charge in [0.1, 0.15) is 18.2 Å². The first kappa shape index (κ1) is 39.3. The molecule has 0 N–H and O–H groups in total. The number of aryl methyl sites for hydroxylation is 1. The van der Waals surface area contributed by atoms with Gasteiger partial charge in [-0.15, -0.1) is 0 Å². The number of methoxy groups -OCH3 is 1. The van der Waals surface area contributed by atoms with Crippen molar-refractivity contribution in [3.05, 3.63) is 102 Å². The molecule has 1 aliphatic carbocycles. The van der Waals surface area contributed by atoms with Crippen LogP contribution in [0.4, 0.5) is 5.69 Å². The molecule has 7 rings (SSSR count). The fourth-order valence-corrected chi connectivity index (χ4v) is 7.18. The molecule has 0 spiro atoms. The third-order valence-electron chi connectivity index (χ3n) is 11.3. The average molecular weight is 744 g/mol. The van der Waals surface area contributed by atoms with Gasteiger partial charge in [0.2, 0.25) is 0 Å². The Bertz CT molecular complexity index is 2130. The van der Waals surface area contributed by atoms with E-state index in [4.69, 9.17) is 24.2 Å². The Balaban J connectivity index is 0.000000967. The van der Waals surface area contributed by atoms with Gasteiger partial charge in [-0.05, 0) is 85.7 Å². The molecule has 2 atom stereocenters. The molecule has 1 aromatic heterocycles. The highest BCUT2D eigenvalue weighted by Gasteiger charge is 2.40. The second-order valence-electron chi connectivity index (χ2n) is 15.8. The normalized spacial score (nSPS) is 16.4. The van der Waals surface area contributed by atoms with Crippen molar-refractivity contribution in [2.75, 3.05) is 20.3 Å². The number of hydrogen-bond donors (Lipinski definition) is 0. The first-order valence-corrected chi connectivity index (χ1v) is 19.2. The molecule has 0 radical (unpaired) electrons. The lowest BCUT2D eigenvalue weighted by Gasteiger charge is -2.42. The van der Waals surface area contributed by atoms with E-state index in [0.717, 1.165) is 53.0 Å². The summed E-state index contributed by atoms with van der Waals surface area (Å²) in [5.74, 6) is 3.29. The predicted molar refractivity (Wildman–Crippen MR) is 218 cm³/mol. The first-order chi connectivity index (χ1) is 26.4. The molecule has 2 unspecified atom stereocenters. The Morgan fingerprint density at radius 1 is 0.891 bits per heavy atom. The first-order valence-electron chi connectivity index (χ1n) is 19.2. The molecule has 9 nitrogen and oxygen atoms in total. The zero-order valence-electron chi connectivity index (χ0n) is 33.1. The Labute approximate surface area is 324 Å². The second kappa shape index (κ2) is 16.9. The van der Waals surface area contributed by atoms with Crippen molar-refractivity contribution in [1.82, 2.24) is 9.55 Å². The van der Waals surface area contributed by atoms with Crippen LogP contribution in [0, 0.1) is 29.6 Å². The van der Waals surface area contributed by atoms with Crippen molar-refractivity contribution in [3.63, 3.8) is 0 Å². The number of aliphatic imine (C=N–C) groups is 1. The summed E-state index contributed by atoms with van der Waals surface area (Å²) in [7, 11) is 1.63. The summed E-state index contributed by atoms with van der Waals surface area (Å²) in [6.45, 7) is 15.5. The summed E-state index contributed by atoms with van der Waals surface area (Å²) in [5, 5.41) is 0. The van der Waals surface area contributed by atoms with Gasteiger partial charge in [0.05, 0.1) is 37.0 Å². The van der Waals surface area contributed by atoms with Crippen LogP contribution in [0.5, 0.6) is 17.2 Å². The van der Waals surface area contributed by atoms with Crippen LogP contribution in [0.15, 0.2) is 89.9 Å². The Kier molecular flexibility index (Phi) is 12.1. The molecule has 2 heterocycles. The fraction of sp³-hybridized carbons (Fsp3) is 0.391. The summed E-state index contributed by atoms with van der Waals surface area (Å²) < 4.78 is 24.9. The van der Waals surface area contributed by atoms with E-state index < -0.39 is 0 Å². The van der Waals surface area contributed by atoms with E-state index in [1.807, 2.05) is 48.7 Å². The Morgan fingerprint density at radius 2 is 1.65 bits per heavy atom. The minimum absolute atomic E-state index is 0.00931. The number of Topliss-reactive ketones (excluding diaryl/α,β-unsaturated/α-hetero) is 1. The number of carbonyl (C=O) groups excluding carboxylic acids is 2.